The van der Waals surface area contributed by atoms with E-state index in [0.29, 0.717) is 22.3 Å². The summed E-state index contributed by atoms with van der Waals surface area (Å²) in [5.74, 6) is 0.726. The van der Waals surface area contributed by atoms with Gasteiger partial charge in [0.1, 0.15) is 10.1 Å². The van der Waals surface area contributed by atoms with Crippen LogP contribution in [0, 0.1) is 6.92 Å². The molecule has 0 aliphatic heterocycles. The van der Waals surface area contributed by atoms with E-state index in [1.807, 2.05) is 73.7 Å². The Hall–Kier alpha value is -2.83. The lowest BCUT2D eigenvalue weighted by atomic mass is 10.2. The molecule has 0 fully saturated rings. The van der Waals surface area contributed by atoms with Gasteiger partial charge in [-0.2, -0.15) is 0 Å². The first-order valence-corrected chi connectivity index (χ1v) is 10.9. The van der Waals surface area contributed by atoms with Gasteiger partial charge in [0, 0.05) is 12.2 Å². The molecule has 6 heteroatoms. The van der Waals surface area contributed by atoms with Gasteiger partial charge in [-0.3, -0.25) is 4.79 Å². The van der Waals surface area contributed by atoms with Gasteiger partial charge in [-0.25, -0.2) is 0 Å². The largest absolute Gasteiger partial charge is 0.495 e. The van der Waals surface area contributed by atoms with Crippen molar-refractivity contribution in [2.45, 2.75) is 13.5 Å². The van der Waals surface area contributed by atoms with Gasteiger partial charge in [0.25, 0.3) is 0 Å². The summed E-state index contributed by atoms with van der Waals surface area (Å²) in [5.41, 5.74) is 3.86. The third kappa shape index (κ3) is 6.08. The molecule has 0 aliphatic carbocycles. The molecule has 30 heavy (non-hydrogen) atoms. The normalized spacial score (nSPS) is 10.3. The van der Waals surface area contributed by atoms with Gasteiger partial charge in [0.2, 0.25) is 5.91 Å². The number of carbonyl (C=O) groups is 1. The van der Waals surface area contributed by atoms with Crippen molar-refractivity contribution in [3.63, 3.8) is 0 Å². The number of rotatable bonds is 7. The fourth-order valence-electron chi connectivity index (χ4n) is 2.95. The van der Waals surface area contributed by atoms with Crippen LogP contribution in [0.25, 0.3) is 0 Å². The quantitative estimate of drug-likeness (QED) is 0.484. The number of nitrogens with zero attached hydrogens (tertiary/aromatic N) is 1. The zero-order chi connectivity index (χ0) is 21.3. The van der Waals surface area contributed by atoms with Gasteiger partial charge in [-0.1, -0.05) is 78.6 Å². The number of thiocarbonyl (C=S) groups is 1. The van der Waals surface area contributed by atoms with E-state index in [0.717, 1.165) is 16.8 Å². The van der Waals surface area contributed by atoms with Crippen LogP contribution in [-0.4, -0.2) is 23.1 Å². The van der Waals surface area contributed by atoms with Gasteiger partial charge in [-0.15, -0.1) is 0 Å². The average molecular weight is 437 g/mol. The Morgan fingerprint density at radius 1 is 1.03 bits per heavy atom. The van der Waals surface area contributed by atoms with Crippen LogP contribution in [0.3, 0.4) is 0 Å². The first-order valence-electron chi connectivity index (χ1n) is 9.54. The number of hydrogen-bond acceptors (Lipinski definition) is 4. The number of carbonyl (C=O) groups excluding carboxylic acids is 1. The number of nitrogens with one attached hydrogen (secondary N) is 1. The highest BCUT2D eigenvalue weighted by Crippen LogP contribution is 2.26. The molecule has 0 aliphatic rings. The summed E-state index contributed by atoms with van der Waals surface area (Å²) in [6.07, 6.45) is 0. The zero-order valence-electron chi connectivity index (χ0n) is 17.0. The summed E-state index contributed by atoms with van der Waals surface area (Å²) >= 11 is 7.04. The maximum atomic E-state index is 12.5. The Kier molecular flexibility index (Phi) is 7.88. The number of thioether (sulfide) groups is 1. The number of ether oxygens (including phenoxy) is 1. The first-order chi connectivity index (χ1) is 14.6. The molecule has 0 saturated carbocycles. The molecule has 3 aromatic rings. The van der Waals surface area contributed by atoms with E-state index in [9.17, 15) is 4.79 Å². The van der Waals surface area contributed by atoms with Crippen molar-refractivity contribution in [1.29, 1.82) is 0 Å². The van der Waals surface area contributed by atoms with Crippen LogP contribution in [0.1, 0.15) is 11.1 Å². The summed E-state index contributed by atoms with van der Waals surface area (Å²) in [5, 5.41) is 2.92. The summed E-state index contributed by atoms with van der Waals surface area (Å²) in [6, 6.07) is 25.8. The third-order valence-corrected chi connectivity index (χ3v) is 5.88. The minimum Gasteiger partial charge on any atom is -0.495 e. The molecule has 0 radical (unpaired) electrons. The summed E-state index contributed by atoms with van der Waals surface area (Å²) in [7, 11) is 1.59. The molecule has 1 N–H and O–H groups in total. The standard InChI is InChI=1S/C24H24N2O2S2/c1-18-13-14-22(28-2)21(15-18)25-23(27)17-30-24(29)26(20-11-7-4-8-12-20)16-19-9-5-3-6-10-19/h3-15H,16-17H2,1-2H3,(H,25,27). The molecule has 0 spiro atoms. The van der Waals surface area contributed by atoms with Crippen molar-refractivity contribution in [2.75, 3.05) is 23.1 Å². The van der Waals surface area contributed by atoms with Gasteiger partial charge in [-0.05, 0) is 42.3 Å². The van der Waals surface area contributed by atoms with Crippen LogP contribution < -0.4 is 15.0 Å². The van der Waals surface area contributed by atoms with E-state index < -0.39 is 0 Å². The van der Waals surface area contributed by atoms with Crippen LogP contribution in [-0.2, 0) is 11.3 Å². The summed E-state index contributed by atoms with van der Waals surface area (Å²) in [6.45, 7) is 2.62. The molecule has 3 rings (SSSR count). The molecular weight excluding hydrogens is 412 g/mol. The lowest BCUT2D eigenvalue weighted by Crippen LogP contribution is -2.28. The number of hydrogen-bond donors (Lipinski definition) is 1. The highest BCUT2D eigenvalue weighted by Gasteiger charge is 2.16. The molecule has 154 valence electrons. The number of para-hydroxylation sites is 1. The van der Waals surface area contributed by atoms with E-state index in [2.05, 4.69) is 22.3 Å². The van der Waals surface area contributed by atoms with Crippen molar-refractivity contribution in [3.8, 4) is 5.75 Å². The predicted octanol–water partition coefficient (Wildman–Crippen LogP) is 5.67. The molecule has 0 heterocycles. The molecule has 3 aromatic carbocycles. The van der Waals surface area contributed by atoms with Gasteiger partial charge in [0.05, 0.1) is 18.6 Å². The Labute approximate surface area is 187 Å². The number of amides is 1. The van der Waals surface area contributed by atoms with E-state index in [1.54, 1.807) is 7.11 Å². The molecule has 4 nitrogen and oxygen atoms in total. The minimum absolute atomic E-state index is 0.126. The topological polar surface area (TPSA) is 41.6 Å². The fourth-order valence-corrected chi connectivity index (χ4v) is 3.95. The van der Waals surface area contributed by atoms with E-state index in [1.165, 1.54) is 11.8 Å². The number of anilines is 2. The predicted molar refractivity (Wildman–Crippen MR) is 130 cm³/mol. The van der Waals surface area contributed by atoms with Crippen molar-refractivity contribution in [3.05, 3.63) is 90.0 Å². The molecule has 0 atom stereocenters. The van der Waals surface area contributed by atoms with Crippen LogP contribution in [0.15, 0.2) is 78.9 Å². The van der Waals surface area contributed by atoms with Crippen molar-refractivity contribution in [2.24, 2.45) is 0 Å². The van der Waals surface area contributed by atoms with Crippen LogP contribution in [0.5, 0.6) is 5.75 Å². The Morgan fingerprint density at radius 3 is 2.37 bits per heavy atom. The van der Waals surface area contributed by atoms with Crippen LogP contribution in [0.2, 0.25) is 0 Å². The SMILES string of the molecule is COc1ccc(C)cc1NC(=O)CSC(=S)N(Cc1ccccc1)c1ccccc1. The number of aryl methyl sites for hydroxylation is 1. The molecule has 0 unspecified atom stereocenters. The molecule has 0 aromatic heterocycles. The summed E-state index contributed by atoms with van der Waals surface area (Å²) < 4.78 is 5.98. The van der Waals surface area contributed by atoms with E-state index in [4.69, 9.17) is 17.0 Å². The Balaban J connectivity index is 1.67. The lowest BCUT2D eigenvalue weighted by Gasteiger charge is -2.25. The highest BCUT2D eigenvalue weighted by atomic mass is 32.2. The first kappa shape index (κ1) is 21.9. The van der Waals surface area contributed by atoms with E-state index in [-0.39, 0.29) is 11.7 Å². The third-order valence-electron chi connectivity index (χ3n) is 4.43. The monoisotopic (exact) mass is 436 g/mol. The van der Waals surface area contributed by atoms with Gasteiger partial charge in [0.15, 0.2) is 0 Å². The molecule has 0 bridgehead atoms. The second-order valence-electron chi connectivity index (χ2n) is 6.71. The van der Waals surface area contributed by atoms with Gasteiger partial charge < -0.3 is 15.0 Å². The molecule has 0 saturated heterocycles. The zero-order valence-corrected chi connectivity index (χ0v) is 18.6. The Morgan fingerprint density at radius 2 is 1.70 bits per heavy atom. The van der Waals surface area contributed by atoms with Gasteiger partial charge >= 0.3 is 0 Å². The Bertz CT molecular complexity index is 995. The minimum atomic E-state index is -0.126. The van der Waals surface area contributed by atoms with Crippen LogP contribution in [0.4, 0.5) is 11.4 Å². The maximum Gasteiger partial charge on any atom is 0.234 e. The lowest BCUT2D eigenvalue weighted by molar-refractivity contribution is -0.113. The van der Waals surface area contributed by atoms with E-state index >= 15 is 0 Å². The second kappa shape index (κ2) is 10.8. The second-order valence-corrected chi connectivity index (χ2v) is 8.32. The smallest absolute Gasteiger partial charge is 0.234 e. The molecular formula is C24H24N2O2S2. The van der Waals surface area contributed by atoms with Crippen LogP contribution >= 0.6 is 24.0 Å². The van der Waals surface area contributed by atoms with Crippen molar-refractivity contribution < 1.29 is 9.53 Å². The van der Waals surface area contributed by atoms with Crippen molar-refractivity contribution >= 4 is 45.6 Å². The summed E-state index contributed by atoms with van der Waals surface area (Å²) in [4.78, 5) is 14.6. The van der Waals surface area contributed by atoms with Crippen molar-refractivity contribution in [1.82, 2.24) is 0 Å². The average Bonchev–Trinajstić information content (AvgIpc) is 2.77. The maximum absolute atomic E-state index is 12.5. The number of benzene rings is 3. The highest BCUT2D eigenvalue weighted by molar-refractivity contribution is 8.23. The fraction of sp³-hybridized carbons (Fsp3) is 0.167. The number of methoxy groups -OCH3 is 1. The molecule has 1 amide bonds.